The van der Waals surface area contributed by atoms with Gasteiger partial charge in [-0.15, -0.1) is 0 Å². The summed E-state index contributed by atoms with van der Waals surface area (Å²) in [5, 5.41) is 0. The number of hydrogen-bond acceptors (Lipinski definition) is 4. The number of unbranched alkanes of at least 4 members (excludes halogenated alkanes) is 7. The van der Waals surface area contributed by atoms with Crippen molar-refractivity contribution < 1.29 is 19.0 Å². The summed E-state index contributed by atoms with van der Waals surface area (Å²) in [6, 6.07) is 23.2. The standard InChI is InChI=1S/C34H44O4/c1-4-6-7-8-9-10-11-12-26-37-32-21-19-31(20-22-32)34(35)38-33-23-17-30(18-24-33)29-15-13-28(14-16-29)27(3)36-25-5-2/h13-24,27H,4-12,25-26H2,1-3H3. The molecule has 0 bridgehead atoms. The summed E-state index contributed by atoms with van der Waals surface area (Å²) in [7, 11) is 0. The monoisotopic (exact) mass is 516 g/mol. The SMILES string of the molecule is CCCCCCCCCCOc1ccc(C(=O)Oc2ccc(-c3ccc(C(C)OCCC)cc3)cc2)cc1. The van der Waals surface area contributed by atoms with Crippen LogP contribution < -0.4 is 9.47 Å². The number of ether oxygens (including phenoxy) is 3. The highest BCUT2D eigenvalue weighted by Crippen LogP contribution is 2.26. The van der Waals surface area contributed by atoms with Crippen molar-refractivity contribution in [1.29, 1.82) is 0 Å². The predicted molar refractivity (Wildman–Crippen MR) is 156 cm³/mol. The summed E-state index contributed by atoms with van der Waals surface area (Å²) in [6.45, 7) is 7.91. The van der Waals surface area contributed by atoms with Gasteiger partial charge in [0, 0.05) is 6.61 Å². The molecule has 0 N–H and O–H groups in total. The second-order valence-corrected chi connectivity index (χ2v) is 9.90. The quantitative estimate of drug-likeness (QED) is 0.102. The van der Waals surface area contributed by atoms with E-state index in [0.717, 1.165) is 41.9 Å². The molecule has 0 heterocycles. The zero-order valence-electron chi connectivity index (χ0n) is 23.4. The summed E-state index contributed by atoms with van der Waals surface area (Å²) < 4.78 is 17.2. The lowest BCUT2D eigenvalue weighted by Gasteiger charge is -2.13. The Balaban J connectivity index is 1.41. The number of rotatable bonds is 17. The number of carbonyl (C=O) groups excluding carboxylic acids is 1. The Morgan fingerprint density at radius 1 is 0.632 bits per heavy atom. The van der Waals surface area contributed by atoms with Gasteiger partial charge in [0.15, 0.2) is 0 Å². The van der Waals surface area contributed by atoms with Gasteiger partial charge in [-0.3, -0.25) is 0 Å². The Morgan fingerprint density at radius 3 is 1.79 bits per heavy atom. The normalized spacial score (nSPS) is 11.8. The van der Waals surface area contributed by atoms with Crippen LogP contribution in [0.15, 0.2) is 72.8 Å². The van der Waals surface area contributed by atoms with Crippen LogP contribution in [-0.4, -0.2) is 19.2 Å². The topological polar surface area (TPSA) is 44.8 Å². The van der Waals surface area contributed by atoms with Crippen LogP contribution >= 0.6 is 0 Å². The van der Waals surface area contributed by atoms with Gasteiger partial charge in [0.05, 0.1) is 18.3 Å². The van der Waals surface area contributed by atoms with E-state index in [1.807, 2.05) is 36.4 Å². The lowest BCUT2D eigenvalue weighted by atomic mass is 10.0. The molecule has 1 atom stereocenters. The molecule has 0 saturated carbocycles. The molecule has 0 amide bonds. The van der Waals surface area contributed by atoms with E-state index in [-0.39, 0.29) is 12.1 Å². The van der Waals surface area contributed by atoms with E-state index in [2.05, 4.69) is 45.0 Å². The molecule has 4 heteroatoms. The van der Waals surface area contributed by atoms with Crippen LogP contribution in [0.25, 0.3) is 11.1 Å². The molecule has 204 valence electrons. The van der Waals surface area contributed by atoms with Gasteiger partial charge >= 0.3 is 5.97 Å². The molecule has 0 aromatic heterocycles. The molecule has 3 aromatic carbocycles. The molecule has 0 fully saturated rings. The van der Waals surface area contributed by atoms with Gasteiger partial charge in [-0.25, -0.2) is 4.79 Å². The second kappa shape index (κ2) is 16.7. The molecule has 0 radical (unpaired) electrons. The molecule has 3 aromatic rings. The van der Waals surface area contributed by atoms with E-state index in [1.165, 1.54) is 44.9 Å². The van der Waals surface area contributed by atoms with E-state index >= 15 is 0 Å². The lowest BCUT2D eigenvalue weighted by molar-refractivity contribution is 0.0663. The minimum atomic E-state index is -0.377. The number of hydrogen-bond donors (Lipinski definition) is 0. The minimum absolute atomic E-state index is 0.0846. The van der Waals surface area contributed by atoms with E-state index in [9.17, 15) is 4.79 Å². The number of benzene rings is 3. The molecule has 0 aliphatic carbocycles. The smallest absolute Gasteiger partial charge is 0.343 e. The van der Waals surface area contributed by atoms with Crippen LogP contribution in [0.2, 0.25) is 0 Å². The molecule has 0 spiro atoms. The van der Waals surface area contributed by atoms with Gasteiger partial charge in [0.25, 0.3) is 0 Å². The first-order chi connectivity index (χ1) is 18.6. The van der Waals surface area contributed by atoms with Gasteiger partial charge in [0.2, 0.25) is 0 Å². The molecule has 38 heavy (non-hydrogen) atoms. The maximum Gasteiger partial charge on any atom is 0.343 e. The first kappa shape index (κ1) is 29.4. The van der Waals surface area contributed by atoms with Crippen LogP contribution in [0.3, 0.4) is 0 Å². The van der Waals surface area contributed by atoms with Gasteiger partial charge in [-0.2, -0.15) is 0 Å². The van der Waals surface area contributed by atoms with Crippen molar-refractivity contribution in [3.63, 3.8) is 0 Å². The van der Waals surface area contributed by atoms with Crippen molar-refractivity contribution in [1.82, 2.24) is 0 Å². The first-order valence-corrected chi connectivity index (χ1v) is 14.4. The Labute approximate surface area is 229 Å². The van der Waals surface area contributed by atoms with Crippen LogP contribution in [0, 0.1) is 0 Å². The summed E-state index contributed by atoms with van der Waals surface area (Å²) in [5.41, 5.74) is 3.84. The van der Waals surface area contributed by atoms with E-state index < -0.39 is 0 Å². The van der Waals surface area contributed by atoms with E-state index in [1.54, 1.807) is 12.1 Å². The summed E-state index contributed by atoms with van der Waals surface area (Å²) >= 11 is 0. The Morgan fingerprint density at radius 2 is 1.18 bits per heavy atom. The fraction of sp³-hybridized carbons (Fsp3) is 0.441. The molecule has 3 rings (SSSR count). The second-order valence-electron chi connectivity index (χ2n) is 9.90. The van der Waals surface area contributed by atoms with Gasteiger partial charge < -0.3 is 14.2 Å². The van der Waals surface area contributed by atoms with Gasteiger partial charge in [0.1, 0.15) is 11.5 Å². The van der Waals surface area contributed by atoms with Crippen LogP contribution in [0.5, 0.6) is 11.5 Å². The van der Waals surface area contributed by atoms with Crippen LogP contribution in [0.4, 0.5) is 0 Å². The molecule has 0 aliphatic heterocycles. The highest BCUT2D eigenvalue weighted by molar-refractivity contribution is 5.91. The third kappa shape index (κ3) is 9.98. The van der Waals surface area contributed by atoms with E-state index in [4.69, 9.17) is 14.2 Å². The summed E-state index contributed by atoms with van der Waals surface area (Å²) in [6.07, 6.45) is 11.3. The van der Waals surface area contributed by atoms with Gasteiger partial charge in [-0.05, 0) is 72.9 Å². The first-order valence-electron chi connectivity index (χ1n) is 14.4. The Bertz CT molecular complexity index is 1060. The number of esters is 1. The summed E-state index contributed by atoms with van der Waals surface area (Å²) in [5.74, 6) is 0.927. The van der Waals surface area contributed by atoms with Crippen LogP contribution in [0.1, 0.15) is 101 Å². The van der Waals surface area contributed by atoms with Crippen molar-refractivity contribution in [2.75, 3.05) is 13.2 Å². The van der Waals surface area contributed by atoms with E-state index in [0.29, 0.717) is 17.9 Å². The Hall–Kier alpha value is -3.11. The van der Waals surface area contributed by atoms with Crippen molar-refractivity contribution in [2.24, 2.45) is 0 Å². The third-order valence-corrected chi connectivity index (χ3v) is 6.71. The van der Waals surface area contributed by atoms with Crippen molar-refractivity contribution >= 4 is 5.97 Å². The fourth-order valence-electron chi connectivity index (χ4n) is 4.33. The van der Waals surface area contributed by atoms with Crippen molar-refractivity contribution in [3.8, 4) is 22.6 Å². The molecule has 4 nitrogen and oxygen atoms in total. The zero-order chi connectivity index (χ0) is 27.0. The van der Waals surface area contributed by atoms with Crippen molar-refractivity contribution in [3.05, 3.63) is 83.9 Å². The predicted octanol–water partition coefficient (Wildman–Crippen LogP) is 9.58. The molecule has 0 saturated heterocycles. The minimum Gasteiger partial charge on any atom is -0.494 e. The highest BCUT2D eigenvalue weighted by atomic mass is 16.5. The van der Waals surface area contributed by atoms with Crippen LogP contribution in [-0.2, 0) is 4.74 Å². The largest absolute Gasteiger partial charge is 0.494 e. The fourth-order valence-corrected chi connectivity index (χ4v) is 4.33. The van der Waals surface area contributed by atoms with Crippen molar-refractivity contribution in [2.45, 2.75) is 84.7 Å². The Kier molecular flexibility index (Phi) is 12.9. The lowest BCUT2D eigenvalue weighted by Crippen LogP contribution is -2.08. The third-order valence-electron chi connectivity index (χ3n) is 6.71. The average Bonchev–Trinajstić information content (AvgIpc) is 2.96. The molecule has 0 aliphatic rings. The molecular weight excluding hydrogens is 472 g/mol. The molecule has 1 unspecified atom stereocenters. The zero-order valence-corrected chi connectivity index (χ0v) is 23.4. The average molecular weight is 517 g/mol. The maximum atomic E-state index is 12.6. The highest BCUT2D eigenvalue weighted by Gasteiger charge is 2.10. The van der Waals surface area contributed by atoms with Gasteiger partial charge in [-0.1, -0.05) is 95.2 Å². The number of carbonyl (C=O) groups is 1. The maximum absolute atomic E-state index is 12.6. The molecular formula is C34H44O4. The summed E-state index contributed by atoms with van der Waals surface area (Å²) in [4.78, 5) is 12.6.